The van der Waals surface area contributed by atoms with Crippen molar-refractivity contribution in [2.75, 3.05) is 5.73 Å². The Hall–Kier alpha value is -2.57. The molecule has 1 atom stereocenters. The van der Waals surface area contributed by atoms with Gasteiger partial charge >= 0.3 is 12.0 Å². The molecule has 0 aliphatic heterocycles. The van der Waals surface area contributed by atoms with Gasteiger partial charge in [-0.1, -0.05) is 19.3 Å². The molecule has 1 fully saturated rings. The summed E-state index contributed by atoms with van der Waals surface area (Å²) in [6, 6.07) is 5.70. The van der Waals surface area contributed by atoms with Crippen molar-refractivity contribution in [1.82, 2.24) is 10.6 Å². The number of carbonyl (C=O) groups is 3. The molecule has 0 radical (unpaired) electrons. The molecule has 24 heavy (non-hydrogen) atoms. The van der Waals surface area contributed by atoms with Gasteiger partial charge in [-0.05, 0) is 44.0 Å². The van der Waals surface area contributed by atoms with Crippen LogP contribution in [0.3, 0.4) is 0 Å². The van der Waals surface area contributed by atoms with E-state index < -0.39 is 24.0 Å². The normalized spacial score (nSPS) is 16.0. The third-order valence-electron chi connectivity index (χ3n) is 3.98. The average molecular weight is 333 g/mol. The second-order valence-corrected chi connectivity index (χ2v) is 5.97. The van der Waals surface area contributed by atoms with Crippen LogP contribution in [0.5, 0.6) is 0 Å². The molecule has 3 amide bonds. The molecule has 7 nitrogen and oxygen atoms in total. The van der Waals surface area contributed by atoms with E-state index in [9.17, 15) is 14.4 Å². The maximum Gasteiger partial charge on any atom is 0.338 e. The number of imide groups is 1. The summed E-state index contributed by atoms with van der Waals surface area (Å²) in [7, 11) is 0. The minimum atomic E-state index is -1.08. The molecule has 1 aromatic carbocycles. The molecule has 1 aliphatic rings. The van der Waals surface area contributed by atoms with E-state index in [0.717, 1.165) is 25.7 Å². The summed E-state index contributed by atoms with van der Waals surface area (Å²) in [6.45, 7) is 1.42. The van der Waals surface area contributed by atoms with Crippen LogP contribution >= 0.6 is 0 Å². The van der Waals surface area contributed by atoms with Gasteiger partial charge in [0.1, 0.15) is 0 Å². The van der Waals surface area contributed by atoms with Crippen molar-refractivity contribution in [3.05, 3.63) is 29.8 Å². The Morgan fingerprint density at radius 3 is 2.38 bits per heavy atom. The molecule has 0 bridgehead atoms. The third kappa shape index (κ3) is 5.26. The molecule has 1 aromatic rings. The highest BCUT2D eigenvalue weighted by Crippen LogP contribution is 2.17. The highest BCUT2D eigenvalue weighted by Gasteiger charge is 2.22. The Kier molecular flexibility index (Phi) is 6.17. The topological polar surface area (TPSA) is 111 Å². The van der Waals surface area contributed by atoms with Gasteiger partial charge in [-0.25, -0.2) is 9.59 Å². The van der Waals surface area contributed by atoms with E-state index in [1.807, 2.05) is 0 Å². The lowest BCUT2D eigenvalue weighted by molar-refractivity contribution is -0.127. The summed E-state index contributed by atoms with van der Waals surface area (Å²) < 4.78 is 5.06. The van der Waals surface area contributed by atoms with E-state index in [0.29, 0.717) is 5.69 Å². The van der Waals surface area contributed by atoms with Crippen LogP contribution < -0.4 is 16.4 Å². The summed E-state index contributed by atoms with van der Waals surface area (Å²) in [5.41, 5.74) is 6.36. The first-order valence-corrected chi connectivity index (χ1v) is 8.13. The zero-order valence-corrected chi connectivity index (χ0v) is 13.7. The monoisotopic (exact) mass is 333 g/mol. The maximum absolute atomic E-state index is 11.9. The Balaban J connectivity index is 1.79. The van der Waals surface area contributed by atoms with E-state index in [2.05, 4.69) is 10.6 Å². The van der Waals surface area contributed by atoms with Gasteiger partial charge in [0, 0.05) is 11.7 Å². The third-order valence-corrected chi connectivity index (χ3v) is 3.98. The SMILES string of the molecule is C[C@H](OC(=O)c1ccc(N)cc1)C(=O)NC(=O)NC1CCCCC1. The number of nitrogens with one attached hydrogen (secondary N) is 2. The van der Waals surface area contributed by atoms with Gasteiger partial charge in [0.05, 0.1) is 5.56 Å². The van der Waals surface area contributed by atoms with E-state index in [1.165, 1.54) is 25.5 Å². The smallest absolute Gasteiger partial charge is 0.338 e. The molecule has 130 valence electrons. The fraction of sp³-hybridized carbons (Fsp3) is 0.471. The number of nitrogen functional groups attached to an aromatic ring is 1. The highest BCUT2D eigenvalue weighted by molar-refractivity contribution is 5.98. The van der Waals surface area contributed by atoms with Gasteiger partial charge in [0.2, 0.25) is 0 Å². The summed E-state index contributed by atoms with van der Waals surface area (Å²) in [5.74, 6) is -1.31. The van der Waals surface area contributed by atoms with Crippen molar-refractivity contribution in [2.45, 2.75) is 51.2 Å². The first kappa shape index (κ1) is 17.8. The van der Waals surface area contributed by atoms with Crippen LogP contribution in [0.25, 0.3) is 0 Å². The van der Waals surface area contributed by atoms with Crippen LogP contribution in [0.4, 0.5) is 10.5 Å². The van der Waals surface area contributed by atoms with E-state index in [-0.39, 0.29) is 11.6 Å². The minimum absolute atomic E-state index is 0.0965. The van der Waals surface area contributed by atoms with Crippen LogP contribution in [-0.2, 0) is 9.53 Å². The second-order valence-electron chi connectivity index (χ2n) is 5.97. The fourth-order valence-corrected chi connectivity index (χ4v) is 2.58. The predicted octanol–water partition coefficient (Wildman–Crippen LogP) is 1.97. The average Bonchev–Trinajstić information content (AvgIpc) is 2.56. The van der Waals surface area contributed by atoms with Gasteiger partial charge in [0.15, 0.2) is 6.10 Å². The molecule has 0 unspecified atom stereocenters. The standard InChI is InChI=1S/C17H23N3O4/c1-11(24-16(22)12-7-9-13(18)10-8-12)15(21)20-17(23)19-14-5-3-2-4-6-14/h7-11,14H,2-6,18H2,1H3,(H2,19,20,21,23)/t11-/m0/s1. The molecule has 2 rings (SSSR count). The number of benzene rings is 1. The lowest BCUT2D eigenvalue weighted by Gasteiger charge is -2.23. The van der Waals surface area contributed by atoms with Crippen LogP contribution in [0.2, 0.25) is 0 Å². The summed E-state index contributed by atoms with van der Waals surface area (Å²) in [4.78, 5) is 35.7. The molecule has 4 N–H and O–H groups in total. The summed E-state index contributed by atoms with van der Waals surface area (Å²) in [6.07, 6.45) is 4.10. The van der Waals surface area contributed by atoms with Crippen LogP contribution in [0, 0.1) is 0 Å². The number of esters is 1. The van der Waals surface area contributed by atoms with Gasteiger partial charge in [0.25, 0.3) is 5.91 Å². The number of anilines is 1. The fourth-order valence-electron chi connectivity index (χ4n) is 2.58. The number of ether oxygens (including phenoxy) is 1. The number of nitrogens with two attached hydrogens (primary N) is 1. The molecule has 0 spiro atoms. The molecule has 1 aliphatic carbocycles. The Labute approximate surface area is 140 Å². The zero-order valence-electron chi connectivity index (χ0n) is 13.7. The summed E-state index contributed by atoms with van der Waals surface area (Å²) in [5, 5.41) is 4.98. The molecule has 0 aromatic heterocycles. The van der Waals surface area contributed by atoms with Gasteiger partial charge in [-0.2, -0.15) is 0 Å². The number of hydrogen-bond donors (Lipinski definition) is 3. The van der Waals surface area contributed by atoms with Crippen molar-refractivity contribution in [1.29, 1.82) is 0 Å². The molecule has 7 heteroatoms. The highest BCUT2D eigenvalue weighted by atomic mass is 16.5. The largest absolute Gasteiger partial charge is 0.449 e. The maximum atomic E-state index is 11.9. The van der Waals surface area contributed by atoms with E-state index in [1.54, 1.807) is 12.1 Å². The predicted molar refractivity (Wildman–Crippen MR) is 89.3 cm³/mol. The lowest BCUT2D eigenvalue weighted by atomic mass is 9.96. The van der Waals surface area contributed by atoms with Gasteiger partial charge in [-0.15, -0.1) is 0 Å². The number of hydrogen-bond acceptors (Lipinski definition) is 5. The number of carbonyl (C=O) groups excluding carboxylic acids is 3. The second kappa shape index (κ2) is 8.33. The summed E-state index contributed by atoms with van der Waals surface area (Å²) >= 11 is 0. The molecule has 0 heterocycles. The van der Waals surface area contributed by atoms with E-state index >= 15 is 0 Å². The number of urea groups is 1. The number of rotatable bonds is 4. The zero-order chi connectivity index (χ0) is 17.5. The first-order valence-electron chi connectivity index (χ1n) is 8.13. The van der Waals surface area contributed by atoms with Crippen molar-refractivity contribution in [3.63, 3.8) is 0 Å². The number of amides is 3. The Morgan fingerprint density at radius 1 is 1.12 bits per heavy atom. The van der Waals surface area contributed by atoms with Crippen LogP contribution in [-0.4, -0.2) is 30.1 Å². The van der Waals surface area contributed by atoms with Gasteiger partial charge < -0.3 is 15.8 Å². The Bertz CT molecular complexity index is 594. The van der Waals surface area contributed by atoms with E-state index in [4.69, 9.17) is 10.5 Å². The van der Waals surface area contributed by atoms with Crippen molar-refractivity contribution in [2.24, 2.45) is 0 Å². The van der Waals surface area contributed by atoms with Crippen LogP contribution in [0.1, 0.15) is 49.4 Å². The molecule has 1 saturated carbocycles. The minimum Gasteiger partial charge on any atom is -0.449 e. The van der Waals surface area contributed by atoms with Gasteiger partial charge in [-0.3, -0.25) is 10.1 Å². The van der Waals surface area contributed by atoms with Crippen LogP contribution in [0.15, 0.2) is 24.3 Å². The lowest BCUT2D eigenvalue weighted by Crippen LogP contribution is -2.48. The molecule has 0 saturated heterocycles. The van der Waals surface area contributed by atoms with Crippen molar-refractivity contribution < 1.29 is 19.1 Å². The molecular formula is C17H23N3O4. The van der Waals surface area contributed by atoms with Crippen molar-refractivity contribution in [3.8, 4) is 0 Å². The quantitative estimate of drug-likeness (QED) is 0.576. The first-order chi connectivity index (χ1) is 11.5. The molecular weight excluding hydrogens is 310 g/mol. The van der Waals surface area contributed by atoms with Crippen molar-refractivity contribution >= 4 is 23.6 Å². The Morgan fingerprint density at radius 2 is 1.75 bits per heavy atom.